The van der Waals surface area contributed by atoms with Gasteiger partial charge < -0.3 is 4.42 Å². The summed E-state index contributed by atoms with van der Waals surface area (Å²) in [4.78, 5) is 4.98. The lowest BCUT2D eigenvalue weighted by Crippen LogP contribution is -1.94. The van der Waals surface area contributed by atoms with Gasteiger partial charge >= 0.3 is 0 Å². The maximum absolute atomic E-state index is 6.14. The molecule has 7 rings (SSSR count). The Labute approximate surface area is 179 Å². The minimum absolute atomic E-state index is 0.878. The number of hydrogen-bond donors (Lipinski definition) is 0. The predicted molar refractivity (Wildman–Crippen MR) is 125 cm³/mol. The van der Waals surface area contributed by atoms with E-state index in [0.717, 1.165) is 59.9 Å². The summed E-state index contributed by atoms with van der Waals surface area (Å²) >= 11 is 3.57. The van der Waals surface area contributed by atoms with Gasteiger partial charge in [-0.2, -0.15) is 0 Å². The number of hydrogen-bond acceptors (Lipinski definition) is 2. The zero-order valence-corrected chi connectivity index (χ0v) is 17.3. The summed E-state index contributed by atoms with van der Waals surface area (Å²) in [5, 5.41) is 2.26. The van der Waals surface area contributed by atoms with Gasteiger partial charge in [0.05, 0.1) is 27.8 Å². The summed E-state index contributed by atoms with van der Waals surface area (Å²) in [7, 11) is 0. The summed E-state index contributed by atoms with van der Waals surface area (Å²) in [6, 6.07) is 29.2. The largest absolute Gasteiger partial charge is 0.456 e. The average molecular weight is 452 g/mol. The number of rotatable bonds is 1. The Kier molecular flexibility index (Phi) is 3.11. The zero-order valence-electron chi connectivity index (χ0n) is 15.7. The van der Waals surface area contributed by atoms with E-state index in [1.165, 1.54) is 0 Å². The van der Waals surface area contributed by atoms with Crippen molar-refractivity contribution < 1.29 is 4.42 Å². The van der Waals surface area contributed by atoms with Crippen LogP contribution < -0.4 is 0 Å². The van der Waals surface area contributed by atoms with Crippen molar-refractivity contribution in [3.05, 3.63) is 89.4 Å². The lowest BCUT2D eigenvalue weighted by molar-refractivity contribution is 0.668. The Bertz CT molecular complexity index is 1770. The maximum atomic E-state index is 6.14. The van der Waals surface area contributed by atoms with Crippen LogP contribution in [0.1, 0.15) is 0 Å². The van der Waals surface area contributed by atoms with Crippen LogP contribution in [0.15, 0.2) is 93.8 Å². The molecule has 3 aromatic heterocycles. The van der Waals surface area contributed by atoms with E-state index in [1.54, 1.807) is 0 Å². The number of halogens is 1. The van der Waals surface area contributed by atoms with E-state index >= 15 is 0 Å². The van der Waals surface area contributed by atoms with Crippen LogP contribution in [-0.4, -0.2) is 14.0 Å². The molecule has 0 radical (unpaired) electrons. The molecule has 4 nitrogen and oxygen atoms in total. The van der Waals surface area contributed by atoms with E-state index in [9.17, 15) is 0 Å². The molecule has 0 atom stereocenters. The second kappa shape index (κ2) is 5.74. The molecule has 0 fully saturated rings. The molecule has 0 bridgehead atoms. The first kappa shape index (κ1) is 16.3. The Morgan fingerprint density at radius 3 is 2.43 bits per heavy atom. The van der Waals surface area contributed by atoms with Crippen LogP contribution in [0, 0.1) is 0 Å². The highest BCUT2D eigenvalue weighted by Crippen LogP contribution is 2.34. The van der Waals surface area contributed by atoms with Gasteiger partial charge in [-0.15, -0.1) is 0 Å². The molecular weight excluding hydrogens is 438 g/mol. The van der Waals surface area contributed by atoms with Crippen LogP contribution in [0.25, 0.3) is 55.5 Å². The molecule has 0 spiro atoms. The number of fused-ring (bicyclic) bond motifs is 8. The van der Waals surface area contributed by atoms with Crippen LogP contribution >= 0.6 is 15.9 Å². The fourth-order valence-corrected chi connectivity index (χ4v) is 4.84. The summed E-state index contributed by atoms with van der Waals surface area (Å²) in [5.74, 6) is 0.889. The average Bonchev–Trinajstić information content (AvgIpc) is 3.40. The normalized spacial score (nSPS) is 12.2. The quantitative estimate of drug-likeness (QED) is 0.267. The van der Waals surface area contributed by atoms with Crippen LogP contribution in [0.5, 0.6) is 0 Å². The summed E-state index contributed by atoms with van der Waals surface area (Å²) in [6.07, 6.45) is 0. The molecule has 0 unspecified atom stereocenters. The summed E-state index contributed by atoms with van der Waals surface area (Å²) < 4.78 is 11.6. The number of imidazole rings is 2. The smallest absolute Gasteiger partial charge is 0.220 e. The highest BCUT2D eigenvalue weighted by molar-refractivity contribution is 9.10. The highest BCUT2D eigenvalue weighted by Gasteiger charge is 2.18. The van der Waals surface area contributed by atoms with Crippen molar-refractivity contribution in [1.82, 2.24) is 14.0 Å². The molecule has 0 N–H and O–H groups in total. The first-order chi connectivity index (χ1) is 14.8. The Morgan fingerprint density at radius 1 is 0.700 bits per heavy atom. The van der Waals surface area contributed by atoms with Crippen molar-refractivity contribution in [2.45, 2.75) is 0 Å². The van der Waals surface area contributed by atoms with Gasteiger partial charge in [-0.25, -0.2) is 4.98 Å². The van der Waals surface area contributed by atoms with Crippen molar-refractivity contribution >= 4 is 65.7 Å². The van der Waals surface area contributed by atoms with E-state index in [0.29, 0.717) is 0 Å². The number of aromatic nitrogens is 3. The van der Waals surface area contributed by atoms with Crippen LogP contribution in [0.4, 0.5) is 0 Å². The molecule has 0 aliphatic heterocycles. The maximum Gasteiger partial charge on any atom is 0.220 e. The van der Waals surface area contributed by atoms with Gasteiger partial charge in [-0.1, -0.05) is 46.3 Å². The molecule has 7 aromatic rings. The van der Waals surface area contributed by atoms with E-state index in [2.05, 4.69) is 91.6 Å². The highest BCUT2D eigenvalue weighted by atomic mass is 79.9. The zero-order chi connectivity index (χ0) is 19.8. The molecule has 0 aliphatic carbocycles. The van der Waals surface area contributed by atoms with Crippen molar-refractivity contribution in [2.24, 2.45) is 0 Å². The molecule has 142 valence electrons. The number of para-hydroxylation sites is 3. The molecule has 5 heteroatoms. The summed E-state index contributed by atoms with van der Waals surface area (Å²) in [6.45, 7) is 0. The van der Waals surface area contributed by atoms with Crippen molar-refractivity contribution in [2.75, 3.05) is 0 Å². The van der Waals surface area contributed by atoms with Gasteiger partial charge in [0.25, 0.3) is 0 Å². The minimum atomic E-state index is 0.878. The van der Waals surface area contributed by atoms with E-state index < -0.39 is 0 Å². The van der Waals surface area contributed by atoms with Gasteiger partial charge in [0.1, 0.15) is 11.2 Å². The topological polar surface area (TPSA) is 35.4 Å². The Balaban J connectivity index is 1.61. The van der Waals surface area contributed by atoms with E-state index in [4.69, 9.17) is 9.40 Å². The third-order valence-electron chi connectivity index (χ3n) is 5.78. The molecule has 0 aliphatic rings. The van der Waals surface area contributed by atoms with Gasteiger partial charge in [0, 0.05) is 21.3 Å². The minimum Gasteiger partial charge on any atom is -0.456 e. The number of nitrogens with zero attached hydrogens (tertiary/aromatic N) is 3. The third-order valence-corrected chi connectivity index (χ3v) is 6.28. The molecule has 4 aromatic carbocycles. The Morgan fingerprint density at radius 2 is 1.50 bits per heavy atom. The SMILES string of the molecule is Brc1ccc2c(c1)nc1n(-c3ccc4c(c3)oc3ccccc34)c3ccccc3n21. The summed E-state index contributed by atoms with van der Waals surface area (Å²) in [5.41, 5.74) is 7.10. The molecule has 30 heavy (non-hydrogen) atoms. The van der Waals surface area contributed by atoms with Gasteiger partial charge in [0.15, 0.2) is 0 Å². The lowest BCUT2D eigenvalue weighted by Gasteiger charge is -2.05. The molecule has 0 saturated heterocycles. The first-order valence-corrected chi connectivity index (χ1v) is 10.6. The second-order valence-electron chi connectivity index (χ2n) is 7.48. The second-order valence-corrected chi connectivity index (χ2v) is 8.40. The van der Waals surface area contributed by atoms with Crippen molar-refractivity contribution in [3.8, 4) is 5.69 Å². The molecular formula is C25H14BrN3O. The van der Waals surface area contributed by atoms with Crippen LogP contribution in [0.3, 0.4) is 0 Å². The van der Waals surface area contributed by atoms with Crippen LogP contribution in [0.2, 0.25) is 0 Å². The Hall–Kier alpha value is -3.57. The molecule has 0 amide bonds. The number of furan rings is 1. The lowest BCUT2D eigenvalue weighted by atomic mass is 10.1. The third kappa shape index (κ3) is 2.07. The van der Waals surface area contributed by atoms with Gasteiger partial charge in [0.2, 0.25) is 5.78 Å². The van der Waals surface area contributed by atoms with E-state index in [1.807, 2.05) is 18.2 Å². The predicted octanol–water partition coefficient (Wildman–Crippen LogP) is 7.09. The monoisotopic (exact) mass is 451 g/mol. The molecule has 0 saturated carbocycles. The first-order valence-electron chi connectivity index (χ1n) is 9.77. The fourth-order valence-electron chi connectivity index (χ4n) is 4.49. The molecule has 3 heterocycles. The van der Waals surface area contributed by atoms with Crippen molar-refractivity contribution in [3.63, 3.8) is 0 Å². The van der Waals surface area contributed by atoms with Crippen molar-refractivity contribution in [1.29, 1.82) is 0 Å². The van der Waals surface area contributed by atoms with Gasteiger partial charge in [-0.05, 0) is 48.5 Å². The van der Waals surface area contributed by atoms with Crippen LogP contribution in [-0.2, 0) is 0 Å². The fraction of sp³-hybridized carbons (Fsp3) is 0. The van der Waals surface area contributed by atoms with E-state index in [-0.39, 0.29) is 0 Å². The number of benzene rings is 4. The standard InChI is InChI=1S/C25H14BrN3O/c26-15-9-12-20-19(13-15)27-25-28(21-6-2-3-7-22(21)29(20)25)16-10-11-18-17-5-1-4-8-23(17)30-24(18)14-16/h1-14H. The van der Waals surface area contributed by atoms with Gasteiger partial charge in [-0.3, -0.25) is 8.97 Å².